The molecule has 0 spiro atoms. The summed E-state index contributed by atoms with van der Waals surface area (Å²) in [6.45, 7) is 3.56. The average molecular weight is 304 g/mol. The molecule has 5 nitrogen and oxygen atoms in total. The second-order valence-electron chi connectivity index (χ2n) is 4.56. The monoisotopic (exact) mass is 304 g/mol. The molecule has 116 valence electrons. The Labute approximate surface area is 118 Å². The molecule has 1 unspecified atom stereocenters. The number of amides is 1. The Bertz CT molecular complexity index is 571. The van der Waals surface area contributed by atoms with E-state index in [4.69, 9.17) is 10.8 Å². The van der Waals surface area contributed by atoms with Gasteiger partial charge in [0.05, 0.1) is 16.7 Å². The Balaban J connectivity index is 3.55. The Morgan fingerprint density at radius 1 is 1.33 bits per heavy atom. The fourth-order valence-corrected chi connectivity index (χ4v) is 1.70. The number of rotatable bonds is 5. The summed E-state index contributed by atoms with van der Waals surface area (Å²) in [7, 11) is 0. The van der Waals surface area contributed by atoms with Crippen LogP contribution in [0.1, 0.15) is 46.5 Å². The number of hydrogen-bond donors (Lipinski definition) is 3. The van der Waals surface area contributed by atoms with Gasteiger partial charge in [-0.1, -0.05) is 6.92 Å². The third-order valence-electron chi connectivity index (χ3n) is 2.97. The summed E-state index contributed by atoms with van der Waals surface area (Å²) in [6, 6.07) is 1.09. The SMILES string of the molecule is CCC(C)Nc1cc(C(=O)O)c(C(F)(F)F)cc1C(N)=O. The predicted molar refractivity (Wildman–Crippen MR) is 70.3 cm³/mol. The maximum Gasteiger partial charge on any atom is 0.417 e. The van der Waals surface area contributed by atoms with Gasteiger partial charge in [-0.2, -0.15) is 13.2 Å². The Morgan fingerprint density at radius 3 is 2.29 bits per heavy atom. The van der Waals surface area contributed by atoms with Crippen LogP contribution in [0.15, 0.2) is 12.1 Å². The van der Waals surface area contributed by atoms with E-state index in [-0.39, 0.29) is 11.7 Å². The normalized spacial score (nSPS) is 12.8. The molecule has 1 rings (SSSR count). The number of carboxylic acid groups (broad SMARTS) is 1. The van der Waals surface area contributed by atoms with Gasteiger partial charge in [0, 0.05) is 11.7 Å². The Morgan fingerprint density at radius 2 is 1.90 bits per heavy atom. The standard InChI is InChI=1S/C13H15F3N2O3/c1-3-6(2)18-10-5-7(12(20)21)9(13(14,15)16)4-8(10)11(17)19/h4-6,18H,3H2,1-2H3,(H2,17,19)(H,20,21). The van der Waals surface area contributed by atoms with Crippen molar-refractivity contribution >= 4 is 17.6 Å². The van der Waals surface area contributed by atoms with E-state index in [1.807, 2.05) is 6.92 Å². The molecule has 1 atom stereocenters. The minimum atomic E-state index is -4.90. The second kappa shape index (κ2) is 6.02. The van der Waals surface area contributed by atoms with Crippen molar-refractivity contribution in [2.75, 3.05) is 5.32 Å². The zero-order chi connectivity index (χ0) is 16.4. The van der Waals surface area contributed by atoms with Gasteiger partial charge in [-0.25, -0.2) is 4.79 Å². The van der Waals surface area contributed by atoms with Crippen molar-refractivity contribution in [3.8, 4) is 0 Å². The molecule has 0 heterocycles. The van der Waals surface area contributed by atoms with E-state index in [0.717, 1.165) is 6.07 Å². The first-order chi connectivity index (χ1) is 9.57. The number of alkyl halides is 3. The average Bonchev–Trinajstić information content (AvgIpc) is 2.36. The summed E-state index contributed by atoms with van der Waals surface area (Å²) in [5, 5.41) is 11.7. The largest absolute Gasteiger partial charge is 0.478 e. The summed E-state index contributed by atoms with van der Waals surface area (Å²) in [6.07, 6.45) is -4.27. The van der Waals surface area contributed by atoms with E-state index in [0.29, 0.717) is 12.5 Å². The Kier molecular flexibility index (Phi) is 4.82. The number of hydrogen-bond acceptors (Lipinski definition) is 3. The zero-order valence-corrected chi connectivity index (χ0v) is 11.4. The van der Waals surface area contributed by atoms with Crippen LogP contribution in [0.3, 0.4) is 0 Å². The van der Waals surface area contributed by atoms with Gasteiger partial charge in [0.1, 0.15) is 0 Å². The molecular weight excluding hydrogens is 289 g/mol. The molecule has 1 aromatic rings. The minimum Gasteiger partial charge on any atom is -0.478 e. The summed E-state index contributed by atoms with van der Waals surface area (Å²) in [5.41, 5.74) is 2.32. The van der Waals surface area contributed by atoms with Gasteiger partial charge in [0.2, 0.25) is 0 Å². The number of primary amides is 1. The maximum absolute atomic E-state index is 12.9. The first-order valence-electron chi connectivity index (χ1n) is 6.12. The fourth-order valence-electron chi connectivity index (χ4n) is 1.70. The summed E-state index contributed by atoms with van der Waals surface area (Å²) >= 11 is 0. The highest BCUT2D eigenvalue weighted by atomic mass is 19.4. The van der Waals surface area contributed by atoms with Crippen LogP contribution in [-0.2, 0) is 6.18 Å². The molecule has 0 bridgehead atoms. The molecule has 0 radical (unpaired) electrons. The number of carbonyl (C=O) groups excluding carboxylic acids is 1. The number of carbonyl (C=O) groups is 2. The molecule has 21 heavy (non-hydrogen) atoms. The van der Waals surface area contributed by atoms with Crippen LogP contribution in [0.25, 0.3) is 0 Å². The van der Waals surface area contributed by atoms with Gasteiger partial charge in [-0.3, -0.25) is 4.79 Å². The molecule has 4 N–H and O–H groups in total. The number of nitrogens with one attached hydrogen (secondary N) is 1. The van der Waals surface area contributed by atoms with Crippen molar-refractivity contribution in [1.82, 2.24) is 0 Å². The topological polar surface area (TPSA) is 92.4 Å². The lowest BCUT2D eigenvalue weighted by Crippen LogP contribution is -2.22. The van der Waals surface area contributed by atoms with Crippen molar-refractivity contribution in [2.45, 2.75) is 32.5 Å². The van der Waals surface area contributed by atoms with Crippen LogP contribution in [0.4, 0.5) is 18.9 Å². The van der Waals surface area contributed by atoms with Crippen LogP contribution in [0, 0.1) is 0 Å². The van der Waals surface area contributed by atoms with Crippen LogP contribution in [0.5, 0.6) is 0 Å². The number of aromatic carboxylic acids is 1. The fraction of sp³-hybridized carbons (Fsp3) is 0.385. The van der Waals surface area contributed by atoms with E-state index in [1.54, 1.807) is 6.92 Å². The van der Waals surface area contributed by atoms with Gasteiger partial charge >= 0.3 is 12.1 Å². The van der Waals surface area contributed by atoms with Crippen LogP contribution >= 0.6 is 0 Å². The first-order valence-corrected chi connectivity index (χ1v) is 6.12. The number of nitrogens with two attached hydrogens (primary N) is 1. The molecular formula is C13H15F3N2O3. The molecule has 0 aromatic heterocycles. The van der Waals surface area contributed by atoms with Gasteiger partial charge < -0.3 is 16.2 Å². The highest BCUT2D eigenvalue weighted by Gasteiger charge is 2.37. The Hall–Kier alpha value is -2.25. The molecule has 0 saturated heterocycles. The molecule has 0 aliphatic rings. The third-order valence-corrected chi connectivity index (χ3v) is 2.97. The van der Waals surface area contributed by atoms with Crippen molar-refractivity contribution in [3.05, 3.63) is 28.8 Å². The van der Waals surface area contributed by atoms with Crippen LogP contribution in [-0.4, -0.2) is 23.0 Å². The van der Waals surface area contributed by atoms with Crippen LogP contribution in [0.2, 0.25) is 0 Å². The summed E-state index contributed by atoms with van der Waals surface area (Å²) in [5.74, 6) is -2.80. The van der Waals surface area contributed by atoms with Crippen molar-refractivity contribution in [1.29, 1.82) is 0 Å². The van der Waals surface area contributed by atoms with Crippen molar-refractivity contribution < 1.29 is 27.9 Å². The number of anilines is 1. The highest BCUT2D eigenvalue weighted by molar-refractivity contribution is 6.01. The highest BCUT2D eigenvalue weighted by Crippen LogP contribution is 2.35. The van der Waals surface area contributed by atoms with E-state index in [1.165, 1.54) is 0 Å². The van der Waals surface area contributed by atoms with E-state index in [9.17, 15) is 22.8 Å². The minimum absolute atomic E-state index is 0.0257. The molecule has 1 aromatic carbocycles. The van der Waals surface area contributed by atoms with Gasteiger partial charge in [-0.05, 0) is 25.5 Å². The van der Waals surface area contributed by atoms with E-state index < -0.39 is 34.7 Å². The molecule has 0 aliphatic carbocycles. The summed E-state index contributed by atoms with van der Waals surface area (Å²) < 4.78 is 38.6. The maximum atomic E-state index is 12.9. The lowest BCUT2D eigenvalue weighted by Gasteiger charge is -2.19. The van der Waals surface area contributed by atoms with Crippen LogP contribution < -0.4 is 11.1 Å². The third kappa shape index (κ3) is 3.87. The zero-order valence-electron chi connectivity index (χ0n) is 11.4. The predicted octanol–water partition coefficient (Wildman–Crippen LogP) is 2.71. The molecule has 0 saturated carbocycles. The van der Waals surface area contributed by atoms with E-state index >= 15 is 0 Å². The van der Waals surface area contributed by atoms with Gasteiger partial charge in [-0.15, -0.1) is 0 Å². The lowest BCUT2D eigenvalue weighted by molar-refractivity contribution is -0.138. The number of halogens is 3. The second-order valence-corrected chi connectivity index (χ2v) is 4.56. The van der Waals surface area contributed by atoms with Crippen molar-refractivity contribution in [2.24, 2.45) is 5.73 Å². The molecule has 0 fully saturated rings. The molecule has 0 aliphatic heterocycles. The van der Waals surface area contributed by atoms with E-state index in [2.05, 4.69) is 5.32 Å². The van der Waals surface area contributed by atoms with Crippen molar-refractivity contribution in [3.63, 3.8) is 0 Å². The summed E-state index contributed by atoms with van der Waals surface area (Å²) in [4.78, 5) is 22.3. The quantitative estimate of drug-likeness (QED) is 0.780. The van der Waals surface area contributed by atoms with Gasteiger partial charge in [0.15, 0.2) is 0 Å². The number of benzene rings is 1. The first kappa shape index (κ1) is 16.8. The van der Waals surface area contributed by atoms with Gasteiger partial charge in [0.25, 0.3) is 5.91 Å². The molecule has 1 amide bonds. The lowest BCUT2D eigenvalue weighted by atomic mass is 10.00. The molecule has 8 heteroatoms. The number of carboxylic acids is 1. The smallest absolute Gasteiger partial charge is 0.417 e.